The summed E-state index contributed by atoms with van der Waals surface area (Å²) in [6, 6.07) is 3.55. The van der Waals surface area contributed by atoms with Gasteiger partial charge in [0.15, 0.2) is 0 Å². The zero-order chi connectivity index (χ0) is 11.3. The van der Waals surface area contributed by atoms with E-state index >= 15 is 0 Å². The van der Waals surface area contributed by atoms with Crippen molar-refractivity contribution < 1.29 is 18.2 Å². The molecule has 0 saturated carbocycles. The SMILES string of the molecule is COc1ccc(F)cc1C(=O)NC[B]F. The van der Waals surface area contributed by atoms with Gasteiger partial charge in [0.1, 0.15) is 11.6 Å². The molecule has 0 aliphatic rings. The summed E-state index contributed by atoms with van der Waals surface area (Å²) in [6.07, 6.45) is -0.224. The molecule has 0 fully saturated rings. The summed E-state index contributed by atoms with van der Waals surface area (Å²) in [7, 11) is 1.66. The maximum absolute atomic E-state index is 12.8. The highest BCUT2D eigenvalue weighted by Crippen LogP contribution is 2.18. The molecule has 0 aromatic heterocycles. The van der Waals surface area contributed by atoms with Crippen LogP contribution in [0.2, 0.25) is 0 Å². The van der Waals surface area contributed by atoms with E-state index < -0.39 is 11.7 Å². The predicted octanol–water partition coefficient (Wildman–Crippen LogP) is 1.11. The number of amides is 1. The highest BCUT2D eigenvalue weighted by Gasteiger charge is 2.12. The Bertz CT molecular complexity index is 360. The molecule has 0 aliphatic heterocycles. The first-order valence-electron chi connectivity index (χ1n) is 4.22. The van der Waals surface area contributed by atoms with Crippen LogP contribution in [0.1, 0.15) is 10.4 Å². The van der Waals surface area contributed by atoms with Crippen LogP contribution in [0.4, 0.5) is 8.71 Å². The van der Waals surface area contributed by atoms with Crippen LogP contribution in [0.5, 0.6) is 5.75 Å². The Morgan fingerprint density at radius 3 is 2.93 bits per heavy atom. The summed E-state index contributed by atoms with van der Waals surface area (Å²) < 4.78 is 29.4. The summed E-state index contributed by atoms with van der Waals surface area (Å²) in [6.45, 7) is 0. The number of carbonyl (C=O) groups excluding carboxylic acids is 1. The molecular formula is C9H9BF2NO2. The molecule has 0 aliphatic carbocycles. The van der Waals surface area contributed by atoms with Crippen molar-refractivity contribution in [2.45, 2.75) is 0 Å². The molecular weight excluding hydrogens is 203 g/mol. The molecule has 0 bridgehead atoms. The quantitative estimate of drug-likeness (QED) is 0.759. The molecule has 79 valence electrons. The number of hydrogen-bond acceptors (Lipinski definition) is 2. The van der Waals surface area contributed by atoms with Gasteiger partial charge in [0.05, 0.1) is 12.7 Å². The molecule has 0 spiro atoms. The van der Waals surface area contributed by atoms with E-state index in [-0.39, 0.29) is 17.8 Å². The predicted molar refractivity (Wildman–Crippen MR) is 52.1 cm³/mol. The molecule has 1 aromatic carbocycles. The second kappa shape index (κ2) is 5.33. The van der Waals surface area contributed by atoms with E-state index in [0.717, 1.165) is 6.07 Å². The first-order chi connectivity index (χ1) is 7.19. The summed E-state index contributed by atoms with van der Waals surface area (Å²) in [5.41, 5.74) is 0.0411. The Balaban J connectivity index is 2.90. The Hall–Kier alpha value is -1.59. The van der Waals surface area contributed by atoms with Gasteiger partial charge in [-0.2, -0.15) is 0 Å². The van der Waals surface area contributed by atoms with Gasteiger partial charge in [0, 0.05) is 6.44 Å². The topological polar surface area (TPSA) is 38.3 Å². The zero-order valence-electron chi connectivity index (χ0n) is 8.09. The van der Waals surface area contributed by atoms with Gasteiger partial charge in [-0.05, 0) is 18.2 Å². The second-order valence-corrected chi connectivity index (χ2v) is 2.71. The number of ether oxygens (including phenoxy) is 1. The molecule has 0 atom stereocenters. The lowest BCUT2D eigenvalue weighted by Crippen LogP contribution is -2.27. The van der Waals surface area contributed by atoms with E-state index in [1.807, 2.05) is 0 Å². The van der Waals surface area contributed by atoms with Crippen LogP contribution in [-0.2, 0) is 0 Å². The molecule has 1 aromatic rings. The van der Waals surface area contributed by atoms with Gasteiger partial charge < -0.3 is 14.4 Å². The maximum Gasteiger partial charge on any atom is 0.375 e. The third-order valence-electron chi connectivity index (χ3n) is 1.75. The van der Waals surface area contributed by atoms with Crippen molar-refractivity contribution in [2.75, 3.05) is 13.6 Å². The number of rotatable bonds is 4. The molecule has 0 unspecified atom stereocenters. The number of benzene rings is 1. The Morgan fingerprint density at radius 2 is 2.33 bits per heavy atom. The lowest BCUT2D eigenvalue weighted by Gasteiger charge is -2.07. The average molecular weight is 212 g/mol. The van der Waals surface area contributed by atoms with Crippen LogP contribution in [-0.4, -0.2) is 27.0 Å². The standard InChI is InChI=1S/C9H9BF2NO2/c1-15-8-3-2-6(11)4-7(8)9(14)13-5-10-12/h2-4H,5H2,1H3,(H,13,14). The monoisotopic (exact) mass is 212 g/mol. The highest BCUT2D eigenvalue weighted by atomic mass is 19.1. The van der Waals surface area contributed by atoms with E-state index in [2.05, 4.69) is 5.32 Å². The van der Waals surface area contributed by atoms with Gasteiger partial charge in [-0.15, -0.1) is 0 Å². The largest absolute Gasteiger partial charge is 0.496 e. The van der Waals surface area contributed by atoms with Crippen molar-refractivity contribution in [1.82, 2.24) is 5.32 Å². The molecule has 0 saturated heterocycles. The molecule has 15 heavy (non-hydrogen) atoms. The normalized spacial score (nSPS) is 9.53. The van der Waals surface area contributed by atoms with E-state index in [4.69, 9.17) is 4.74 Å². The minimum atomic E-state index is -0.583. The summed E-state index contributed by atoms with van der Waals surface area (Å²) in [4.78, 5) is 11.4. The van der Waals surface area contributed by atoms with Crippen molar-refractivity contribution in [3.63, 3.8) is 0 Å². The molecule has 6 heteroatoms. The lowest BCUT2D eigenvalue weighted by atomic mass is 10.1. The second-order valence-electron chi connectivity index (χ2n) is 2.71. The van der Waals surface area contributed by atoms with Gasteiger partial charge in [-0.3, -0.25) is 4.79 Å². The fourth-order valence-corrected chi connectivity index (χ4v) is 1.08. The third kappa shape index (κ3) is 2.94. The number of methoxy groups -OCH3 is 1. The third-order valence-corrected chi connectivity index (χ3v) is 1.75. The van der Waals surface area contributed by atoms with Crippen molar-refractivity contribution in [2.24, 2.45) is 0 Å². The van der Waals surface area contributed by atoms with Crippen LogP contribution >= 0.6 is 0 Å². The van der Waals surface area contributed by atoms with Gasteiger partial charge in [-0.25, -0.2) is 4.39 Å². The van der Waals surface area contributed by atoms with Crippen LogP contribution in [0.25, 0.3) is 0 Å². The number of nitrogens with one attached hydrogen (secondary N) is 1. The lowest BCUT2D eigenvalue weighted by molar-refractivity contribution is 0.0956. The van der Waals surface area contributed by atoms with Crippen LogP contribution in [0, 0.1) is 5.82 Å². The summed E-state index contributed by atoms with van der Waals surface area (Å²) in [5, 5.41) is 2.23. The maximum atomic E-state index is 12.8. The first kappa shape index (κ1) is 11.5. The van der Waals surface area contributed by atoms with E-state index in [9.17, 15) is 13.5 Å². The average Bonchev–Trinajstić information content (AvgIpc) is 2.25. The first-order valence-corrected chi connectivity index (χ1v) is 4.22. The Morgan fingerprint density at radius 1 is 1.60 bits per heavy atom. The minimum absolute atomic E-state index is 0.0411. The van der Waals surface area contributed by atoms with Gasteiger partial charge in [0.2, 0.25) is 0 Å². The zero-order valence-corrected chi connectivity index (χ0v) is 8.09. The summed E-state index contributed by atoms with van der Waals surface area (Å²) >= 11 is 0. The minimum Gasteiger partial charge on any atom is -0.496 e. The van der Waals surface area contributed by atoms with E-state index in [1.165, 1.54) is 19.2 Å². The van der Waals surface area contributed by atoms with Gasteiger partial charge >= 0.3 is 7.56 Å². The molecule has 3 nitrogen and oxygen atoms in total. The number of hydrogen-bond donors (Lipinski definition) is 1. The molecule has 0 heterocycles. The van der Waals surface area contributed by atoms with Gasteiger partial charge in [0.25, 0.3) is 5.91 Å². The Kier molecular flexibility index (Phi) is 4.09. The van der Waals surface area contributed by atoms with Gasteiger partial charge in [-0.1, -0.05) is 0 Å². The number of halogens is 2. The van der Waals surface area contributed by atoms with Crippen LogP contribution in [0.3, 0.4) is 0 Å². The molecule has 1 amide bonds. The fourth-order valence-electron chi connectivity index (χ4n) is 1.08. The molecule has 1 N–H and O–H groups in total. The van der Waals surface area contributed by atoms with E-state index in [1.54, 1.807) is 0 Å². The van der Waals surface area contributed by atoms with Crippen molar-refractivity contribution in [3.05, 3.63) is 29.6 Å². The molecule has 1 radical (unpaired) electrons. The van der Waals surface area contributed by atoms with Crippen LogP contribution < -0.4 is 10.1 Å². The summed E-state index contributed by atoms with van der Waals surface area (Å²) in [5.74, 6) is -0.891. The van der Waals surface area contributed by atoms with E-state index in [0.29, 0.717) is 7.56 Å². The smallest absolute Gasteiger partial charge is 0.375 e. The Labute approximate surface area is 86.7 Å². The fraction of sp³-hybridized carbons (Fsp3) is 0.222. The van der Waals surface area contributed by atoms with Crippen molar-refractivity contribution in [1.29, 1.82) is 0 Å². The number of carbonyl (C=O) groups is 1. The van der Waals surface area contributed by atoms with Crippen LogP contribution in [0.15, 0.2) is 18.2 Å². The highest BCUT2D eigenvalue weighted by molar-refractivity contribution is 6.27. The molecule has 1 rings (SSSR count). The van der Waals surface area contributed by atoms with Crippen molar-refractivity contribution in [3.8, 4) is 5.75 Å². The van der Waals surface area contributed by atoms with Crippen molar-refractivity contribution >= 4 is 13.5 Å².